The van der Waals surface area contributed by atoms with Crippen molar-refractivity contribution < 1.29 is 14.0 Å². The lowest BCUT2D eigenvalue weighted by Gasteiger charge is -2.35. The van der Waals surface area contributed by atoms with E-state index in [1.165, 1.54) is 0 Å². The van der Waals surface area contributed by atoms with Crippen LogP contribution in [0.1, 0.15) is 40.6 Å². The molecule has 2 heterocycles. The van der Waals surface area contributed by atoms with Gasteiger partial charge in [-0.15, -0.1) is 0 Å². The lowest BCUT2D eigenvalue weighted by atomic mass is 10.0. The molecule has 5 rings (SSSR count). The molecule has 2 aromatic carbocycles. The van der Waals surface area contributed by atoms with Crippen LogP contribution in [0.3, 0.4) is 0 Å². The summed E-state index contributed by atoms with van der Waals surface area (Å²) in [6.45, 7) is 0.954. The van der Waals surface area contributed by atoms with Crippen LogP contribution in [-0.4, -0.2) is 40.8 Å². The molecule has 6 heteroatoms. The van der Waals surface area contributed by atoms with Crippen LogP contribution in [0.4, 0.5) is 0 Å². The summed E-state index contributed by atoms with van der Waals surface area (Å²) in [6, 6.07) is 14.6. The molecule has 6 nitrogen and oxygen atoms in total. The first-order valence-electron chi connectivity index (χ1n) is 9.72. The molecule has 0 radical (unpaired) electrons. The number of benzene rings is 2. The van der Waals surface area contributed by atoms with Crippen molar-refractivity contribution in [2.75, 3.05) is 13.1 Å². The maximum atomic E-state index is 13.2. The summed E-state index contributed by atoms with van der Waals surface area (Å²) in [4.78, 5) is 31.9. The normalized spacial score (nSPS) is 19.6. The van der Waals surface area contributed by atoms with Gasteiger partial charge in [0, 0.05) is 31.0 Å². The highest BCUT2D eigenvalue weighted by Crippen LogP contribution is 2.40. The largest absolute Gasteiger partial charge is 0.440 e. The van der Waals surface area contributed by atoms with Gasteiger partial charge in [0.25, 0.3) is 5.91 Å². The van der Waals surface area contributed by atoms with Crippen LogP contribution < -0.4 is 5.32 Å². The fourth-order valence-corrected chi connectivity index (χ4v) is 3.74. The van der Waals surface area contributed by atoms with Crippen LogP contribution in [0.15, 0.2) is 52.9 Å². The first-order valence-corrected chi connectivity index (χ1v) is 9.72. The zero-order valence-electron chi connectivity index (χ0n) is 15.4. The number of piperazine rings is 1. The predicted molar refractivity (Wildman–Crippen MR) is 104 cm³/mol. The Hall–Kier alpha value is -3.15. The number of fused-ring (bicyclic) bond motifs is 1. The number of nitrogens with one attached hydrogen (secondary N) is 1. The monoisotopic (exact) mass is 375 g/mol. The van der Waals surface area contributed by atoms with Crippen molar-refractivity contribution in [3.63, 3.8) is 0 Å². The second-order valence-electron chi connectivity index (χ2n) is 7.50. The van der Waals surface area contributed by atoms with Crippen LogP contribution in [0, 0.1) is 0 Å². The maximum Gasteiger partial charge on any atom is 0.254 e. The Labute approximate surface area is 162 Å². The van der Waals surface area contributed by atoms with Gasteiger partial charge in [0.1, 0.15) is 11.6 Å². The second kappa shape index (κ2) is 6.78. The molecule has 2 aliphatic rings. The average Bonchev–Trinajstić information content (AvgIpc) is 3.48. The van der Waals surface area contributed by atoms with Crippen LogP contribution in [0.2, 0.25) is 0 Å². The predicted octanol–water partition coefficient (Wildman–Crippen LogP) is 2.89. The minimum absolute atomic E-state index is 0.111. The SMILES string of the molecule is O=C1NCCN(C(=O)c2ccc3nc(C4CC4)oc3c2)C1Cc1ccccc1. The Morgan fingerprint density at radius 1 is 1.18 bits per heavy atom. The Kier molecular flexibility index (Phi) is 4.11. The van der Waals surface area contributed by atoms with E-state index in [1.54, 1.807) is 17.0 Å². The number of oxazole rings is 1. The third kappa shape index (κ3) is 3.15. The molecule has 1 saturated carbocycles. The first kappa shape index (κ1) is 17.0. The molecule has 1 saturated heterocycles. The minimum Gasteiger partial charge on any atom is -0.440 e. The fraction of sp³-hybridized carbons (Fsp3) is 0.318. The molecule has 1 aromatic heterocycles. The van der Waals surface area contributed by atoms with Gasteiger partial charge in [-0.05, 0) is 36.6 Å². The van der Waals surface area contributed by atoms with Gasteiger partial charge >= 0.3 is 0 Å². The Bertz CT molecular complexity index is 1040. The third-order valence-electron chi connectivity index (χ3n) is 5.44. The summed E-state index contributed by atoms with van der Waals surface area (Å²) in [7, 11) is 0. The first-order chi connectivity index (χ1) is 13.7. The van der Waals surface area contributed by atoms with Crippen LogP contribution in [0.25, 0.3) is 11.1 Å². The van der Waals surface area contributed by atoms with E-state index in [1.807, 2.05) is 36.4 Å². The van der Waals surface area contributed by atoms with Crippen molar-refractivity contribution in [1.29, 1.82) is 0 Å². The van der Waals surface area contributed by atoms with Crippen LogP contribution >= 0.6 is 0 Å². The Balaban J connectivity index is 1.43. The van der Waals surface area contributed by atoms with E-state index in [4.69, 9.17) is 4.42 Å². The number of carbonyl (C=O) groups excluding carboxylic acids is 2. The topological polar surface area (TPSA) is 75.4 Å². The summed E-state index contributed by atoms with van der Waals surface area (Å²) < 4.78 is 5.85. The van der Waals surface area contributed by atoms with Crippen molar-refractivity contribution in [2.45, 2.75) is 31.2 Å². The summed E-state index contributed by atoms with van der Waals surface area (Å²) in [5.41, 5.74) is 2.96. The molecule has 3 aromatic rings. The highest BCUT2D eigenvalue weighted by atomic mass is 16.3. The van der Waals surface area contributed by atoms with Crippen molar-refractivity contribution in [3.8, 4) is 0 Å². The zero-order chi connectivity index (χ0) is 19.1. The summed E-state index contributed by atoms with van der Waals surface area (Å²) >= 11 is 0. The molecule has 1 aliphatic heterocycles. The molecule has 1 N–H and O–H groups in total. The lowest BCUT2D eigenvalue weighted by molar-refractivity contribution is -0.127. The fourth-order valence-electron chi connectivity index (χ4n) is 3.74. The second-order valence-corrected chi connectivity index (χ2v) is 7.50. The molecule has 2 amide bonds. The maximum absolute atomic E-state index is 13.2. The van der Waals surface area contributed by atoms with Gasteiger partial charge in [-0.25, -0.2) is 4.98 Å². The summed E-state index contributed by atoms with van der Waals surface area (Å²) in [5.74, 6) is 0.925. The third-order valence-corrected chi connectivity index (χ3v) is 5.44. The molecule has 0 bridgehead atoms. The molecule has 1 atom stereocenters. The standard InChI is InChI=1S/C22H21N3O3/c26-20-18(12-14-4-2-1-3-5-14)25(11-10-23-20)22(27)16-8-9-17-19(13-16)28-21(24-17)15-6-7-15/h1-5,8-9,13,15,18H,6-7,10-12H2,(H,23,26). The highest BCUT2D eigenvalue weighted by Gasteiger charge is 2.34. The number of nitrogens with zero attached hydrogens (tertiary/aromatic N) is 2. The molecular weight excluding hydrogens is 354 g/mol. The van der Waals surface area contributed by atoms with E-state index in [9.17, 15) is 9.59 Å². The molecule has 1 aliphatic carbocycles. The molecule has 28 heavy (non-hydrogen) atoms. The van der Waals surface area contributed by atoms with Crippen molar-refractivity contribution in [3.05, 3.63) is 65.5 Å². The molecule has 2 fully saturated rings. The van der Waals surface area contributed by atoms with E-state index < -0.39 is 6.04 Å². The Morgan fingerprint density at radius 3 is 2.79 bits per heavy atom. The van der Waals surface area contributed by atoms with Gasteiger partial charge in [-0.1, -0.05) is 30.3 Å². The van der Waals surface area contributed by atoms with Gasteiger partial charge < -0.3 is 14.6 Å². The van der Waals surface area contributed by atoms with E-state index in [0.717, 1.165) is 29.8 Å². The number of aromatic nitrogens is 1. The van der Waals surface area contributed by atoms with Gasteiger partial charge in [-0.3, -0.25) is 9.59 Å². The van der Waals surface area contributed by atoms with E-state index in [2.05, 4.69) is 10.3 Å². The van der Waals surface area contributed by atoms with Crippen molar-refractivity contribution in [1.82, 2.24) is 15.2 Å². The number of rotatable bonds is 4. The van der Waals surface area contributed by atoms with Gasteiger partial charge in [0.15, 0.2) is 11.5 Å². The van der Waals surface area contributed by atoms with Crippen molar-refractivity contribution >= 4 is 22.9 Å². The number of hydrogen-bond donors (Lipinski definition) is 1. The average molecular weight is 375 g/mol. The molecular formula is C22H21N3O3. The van der Waals surface area contributed by atoms with Gasteiger partial charge in [-0.2, -0.15) is 0 Å². The van der Waals surface area contributed by atoms with Crippen molar-refractivity contribution in [2.24, 2.45) is 0 Å². The zero-order valence-corrected chi connectivity index (χ0v) is 15.4. The van der Waals surface area contributed by atoms with E-state index in [-0.39, 0.29) is 11.8 Å². The van der Waals surface area contributed by atoms with Crippen LogP contribution in [-0.2, 0) is 11.2 Å². The quantitative estimate of drug-likeness (QED) is 0.761. The van der Waals surface area contributed by atoms with E-state index >= 15 is 0 Å². The smallest absolute Gasteiger partial charge is 0.254 e. The highest BCUT2D eigenvalue weighted by molar-refractivity contribution is 6.00. The number of hydrogen-bond acceptors (Lipinski definition) is 4. The van der Waals surface area contributed by atoms with Gasteiger partial charge in [0.2, 0.25) is 5.91 Å². The van der Waals surface area contributed by atoms with E-state index in [0.29, 0.717) is 36.6 Å². The molecule has 1 unspecified atom stereocenters. The summed E-state index contributed by atoms with van der Waals surface area (Å²) in [6.07, 6.45) is 2.72. The van der Waals surface area contributed by atoms with Gasteiger partial charge in [0.05, 0.1) is 0 Å². The molecule has 142 valence electrons. The number of amides is 2. The lowest BCUT2D eigenvalue weighted by Crippen LogP contribution is -2.58. The summed E-state index contributed by atoms with van der Waals surface area (Å²) in [5, 5.41) is 2.88. The number of carbonyl (C=O) groups is 2. The minimum atomic E-state index is -0.518. The van der Waals surface area contributed by atoms with Crippen LogP contribution in [0.5, 0.6) is 0 Å². The molecule has 0 spiro atoms. The Morgan fingerprint density at radius 2 is 2.00 bits per heavy atom.